The van der Waals surface area contributed by atoms with E-state index in [4.69, 9.17) is 14.7 Å². The van der Waals surface area contributed by atoms with Crippen LogP contribution in [0.2, 0.25) is 0 Å². The van der Waals surface area contributed by atoms with Crippen molar-refractivity contribution in [2.24, 2.45) is 0 Å². The van der Waals surface area contributed by atoms with Crippen molar-refractivity contribution < 1.29 is 18.7 Å². The summed E-state index contributed by atoms with van der Waals surface area (Å²) >= 11 is 0. The second-order valence-electron chi connectivity index (χ2n) is 6.48. The lowest BCUT2D eigenvalue weighted by Gasteiger charge is -2.21. The number of rotatable bonds is 8. The van der Waals surface area contributed by atoms with Crippen LogP contribution in [0, 0.1) is 17.1 Å². The predicted molar refractivity (Wildman–Crippen MR) is 103 cm³/mol. The molecular weight excluding hydrogens is 359 g/mol. The fourth-order valence-corrected chi connectivity index (χ4v) is 2.86. The van der Waals surface area contributed by atoms with Gasteiger partial charge in [-0.3, -0.25) is 4.79 Å². The van der Waals surface area contributed by atoms with E-state index in [0.717, 1.165) is 18.4 Å². The van der Waals surface area contributed by atoms with Gasteiger partial charge >= 0.3 is 0 Å². The van der Waals surface area contributed by atoms with E-state index < -0.39 is 0 Å². The van der Waals surface area contributed by atoms with Gasteiger partial charge in [-0.25, -0.2) is 4.39 Å². The monoisotopic (exact) mass is 380 g/mol. The highest BCUT2D eigenvalue weighted by molar-refractivity contribution is 5.92. The quantitative estimate of drug-likeness (QED) is 0.651. The molecule has 2 aromatic rings. The number of carbonyl (C=O) groups is 1. The zero-order valence-electron chi connectivity index (χ0n) is 15.6. The Balaban J connectivity index is 1.72. The number of hydrogen-bond donors (Lipinski definition) is 0. The molecule has 0 heterocycles. The van der Waals surface area contributed by atoms with Crippen LogP contribution in [0.5, 0.6) is 11.5 Å². The Bertz CT molecular complexity index is 916. The third-order valence-corrected chi connectivity index (χ3v) is 4.47. The fourth-order valence-electron chi connectivity index (χ4n) is 2.86. The molecule has 0 radical (unpaired) electrons. The fraction of sp³-hybridized carbons (Fsp3) is 0.273. The Morgan fingerprint density at radius 3 is 2.75 bits per heavy atom. The summed E-state index contributed by atoms with van der Waals surface area (Å²) < 4.78 is 24.5. The van der Waals surface area contributed by atoms with Crippen molar-refractivity contribution in [1.82, 2.24) is 4.90 Å². The second-order valence-corrected chi connectivity index (χ2v) is 6.48. The molecule has 0 N–H and O–H groups in total. The summed E-state index contributed by atoms with van der Waals surface area (Å²) in [5, 5.41) is 8.62. The van der Waals surface area contributed by atoms with Gasteiger partial charge in [-0.2, -0.15) is 5.26 Å². The van der Waals surface area contributed by atoms with Crippen molar-refractivity contribution in [3.8, 4) is 17.6 Å². The van der Waals surface area contributed by atoms with Gasteiger partial charge in [0.15, 0.2) is 18.1 Å². The first-order valence-electron chi connectivity index (χ1n) is 9.02. The van der Waals surface area contributed by atoms with Gasteiger partial charge in [0.2, 0.25) is 5.91 Å². The highest BCUT2D eigenvalue weighted by atomic mass is 19.1. The lowest BCUT2D eigenvalue weighted by molar-refractivity contribution is -0.127. The molecule has 3 rings (SSSR count). The van der Waals surface area contributed by atoms with E-state index in [1.807, 2.05) is 6.07 Å². The summed E-state index contributed by atoms with van der Waals surface area (Å²) in [6.45, 7) is 0.182. The van der Waals surface area contributed by atoms with Crippen LogP contribution >= 0.6 is 0 Å². The van der Waals surface area contributed by atoms with Crippen molar-refractivity contribution in [3.05, 3.63) is 65.5 Å². The third kappa shape index (κ3) is 4.89. The SMILES string of the molecule is COc1cc(/C=C/C(=O)N(Cc2ccccc2F)C2CC2)ccc1OCC#N. The first-order chi connectivity index (χ1) is 13.6. The van der Waals surface area contributed by atoms with E-state index in [-0.39, 0.29) is 30.9 Å². The Morgan fingerprint density at radius 2 is 2.07 bits per heavy atom. The maximum atomic E-state index is 14.0. The van der Waals surface area contributed by atoms with Crippen LogP contribution in [0.3, 0.4) is 0 Å². The van der Waals surface area contributed by atoms with Gasteiger partial charge in [-0.15, -0.1) is 0 Å². The average Bonchev–Trinajstić information content (AvgIpc) is 3.55. The molecule has 0 unspecified atom stereocenters. The van der Waals surface area contributed by atoms with Crippen LogP contribution in [0.15, 0.2) is 48.5 Å². The van der Waals surface area contributed by atoms with Crippen LogP contribution in [0.25, 0.3) is 6.08 Å². The molecule has 28 heavy (non-hydrogen) atoms. The van der Waals surface area contributed by atoms with Crippen molar-refractivity contribution in [1.29, 1.82) is 5.26 Å². The Kier molecular flexibility index (Phi) is 6.28. The third-order valence-electron chi connectivity index (χ3n) is 4.47. The number of amides is 1. The normalized spacial score (nSPS) is 13.2. The van der Waals surface area contributed by atoms with Crippen LogP contribution < -0.4 is 9.47 Å². The number of nitriles is 1. The van der Waals surface area contributed by atoms with E-state index >= 15 is 0 Å². The molecule has 1 saturated carbocycles. The summed E-state index contributed by atoms with van der Waals surface area (Å²) in [4.78, 5) is 14.4. The number of carbonyl (C=O) groups excluding carboxylic acids is 1. The van der Waals surface area contributed by atoms with Crippen LogP contribution in [-0.4, -0.2) is 30.6 Å². The molecule has 1 aliphatic rings. The molecule has 1 aliphatic carbocycles. The Labute approximate surface area is 163 Å². The van der Waals surface area contributed by atoms with Crippen LogP contribution in [0.4, 0.5) is 4.39 Å². The summed E-state index contributed by atoms with van der Waals surface area (Å²) in [7, 11) is 1.51. The molecule has 0 saturated heterocycles. The number of methoxy groups -OCH3 is 1. The lowest BCUT2D eigenvalue weighted by Crippen LogP contribution is -2.31. The van der Waals surface area contributed by atoms with Crippen molar-refractivity contribution in [3.63, 3.8) is 0 Å². The molecular formula is C22H21FN2O3. The standard InChI is InChI=1S/C22H21FN2O3/c1-27-21-14-16(6-10-20(21)28-13-12-24)7-11-22(26)25(18-8-9-18)15-17-4-2-3-5-19(17)23/h2-7,10-11,14,18H,8-9,13,15H2,1H3/b11-7+. The average molecular weight is 380 g/mol. The molecule has 0 atom stereocenters. The molecule has 0 spiro atoms. The first-order valence-corrected chi connectivity index (χ1v) is 9.02. The number of halogens is 1. The zero-order chi connectivity index (χ0) is 19.9. The summed E-state index contributed by atoms with van der Waals surface area (Å²) in [5.74, 6) is 0.485. The summed E-state index contributed by atoms with van der Waals surface area (Å²) in [5.41, 5.74) is 1.27. The van der Waals surface area contributed by atoms with Gasteiger partial charge < -0.3 is 14.4 Å². The van der Waals surface area contributed by atoms with Gasteiger partial charge in [-0.05, 0) is 42.7 Å². The lowest BCUT2D eigenvalue weighted by atomic mass is 10.1. The molecule has 2 aromatic carbocycles. The van der Waals surface area contributed by atoms with Gasteiger partial charge in [-0.1, -0.05) is 24.3 Å². The summed E-state index contributed by atoms with van der Waals surface area (Å²) in [6.07, 6.45) is 5.05. The molecule has 0 bridgehead atoms. The zero-order valence-corrected chi connectivity index (χ0v) is 15.6. The molecule has 0 aromatic heterocycles. The van der Waals surface area contributed by atoms with Crippen molar-refractivity contribution in [2.45, 2.75) is 25.4 Å². The molecule has 6 heteroatoms. The highest BCUT2D eigenvalue weighted by Gasteiger charge is 2.32. The van der Waals surface area contributed by atoms with Gasteiger partial charge in [0.25, 0.3) is 0 Å². The van der Waals surface area contributed by atoms with Crippen molar-refractivity contribution in [2.75, 3.05) is 13.7 Å². The molecule has 1 amide bonds. The van der Waals surface area contributed by atoms with E-state index in [2.05, 4.69) is 0 Å². The van der Waals surface area contributed by atoms with E-state index in [9.17, 15) is 9.18 Å². The molecule has 5 nitrogen and oxygen atoms in total. The number of hydrogen-bond acceptors (Lipinski definition) is 4. The molecule has 1 fully saturated rings. The number of nitrogens with zero attached hydrogens (tertiary/aromatic N) is 2. The van der Waals surface area contributed by atoms with E-state index in [1.165, 1.54) is 19.3 Å². The summed E-state index contributed by atoms with van der Waals surface area (Å²) in [6, 6.07) is 13.8. The highest BCUT2D eigenvalue weighted by Crippen LogP contribution is 2.30. The van der Waals surface area contributed by atoms with Gasteiger partial charge in [0, 0.05) is 24.2 Å². The second kappa shape index (κ2) is 9.05. The number of benzene rings is 2. The molecule has 144 valence electrons. The van der Waals surface area contributed by atoms with Crippen LogP contribution in [-0.2, 0) is 11.3 Å². The van der Waals surface area contributed by atoms with E-state index in [0.29, 0.717) is 17.1 Å². The smallest absolute Gasteiger partial charge is 0.247 e. The topological polar surface area (TPSA) is 62.6 Å². The Morgan fingerprint density at radius 1 is 1.29 bits per heavy atom. The first kappa shape index (κ1) is 19.4. The van der Waals surface area contributed by atoms with Crippen molar-refractivity contribution >= 4 is 12.0 Å². The minimum absolute atomic E-state index is 0.0730. The van der Waals surface area contributed by atoms with Crippen LogP contribution in [0.1, 0.15) is 24.0 Å². The Hall–Kier alpha value is -3.33. The molecule has 0 aliphatic heterocycles. The maximum Gasteiger partial charge on any atom is 0.247 e. The van der Waals surface area contributed by atoms with E-state index in [1.54, 1.807) is 47.4 Å². The van der Waals surface area contributed by atoms with Gasteiger partial charge in [0.1, 0.15) is 11.9 Å². The predicted octanol–water partition coefficient (Wildman–Crippen LogP) is 3.94. The minimum Gasteiger partial charge on any atom is -0.493 e. The van der Waals surface area contributed by atoms with Gasteiger partial charge in [0.05, 0.1) is 7.11 Å². The largest absolute Gasteiger partial charge is 0.493 e. The minimum atomic E-state index is -0.303. The number of ether oxygens (including phenoxy) is 2. The maximum absolute atomic E-state index is 14.0.